The number of rotatable bonds is 6. The van der Waals surface area contributed by atoms with Crippen LogP contribution in [0.1, 0.15) is 22.0 Å². The van der Waals surface area contributed by atoms with Crippen LogP contribution < -0.4 is 10.0 Å². The van der Waals surface area contributed by atoms with E-state index in [2.05, 4.69) is 26.2 Å². The van der Waals surface area contributed by atoms with Crippen LogP contribution in [0.5, 0.6) is 0 Å². The molecule has 3 rings (SSSR count). The summed E-state index contributed by atoms with van der Waals surface area (Å²) < 4.78 is 32.4. The Morgan fingerprint density at radius 2 is 1.96 bits per heavy atom. The van der Waals surface area contributed by atoms with E-state index in [1.165, 1.54) is 23.5 Å². The minimum absolute atomic E-state index is 0.0755. The smallest absolute Gasteiger partial charge is 0.264 e. The molecule has 0 radical (unpaired) electrons. The van der Waals surface area contributed by atoms with Crippen LogP contribution in [-0.2, 0) is 10.0 Å². The molecule has 10 heteroatoms. The standard InChI is InChI=1S/C18H17N5O3S2/c1-11-10-27-18(21-11)14(8-19)9-20-15-4-6-16(7-5-15)28(24,25)23-17-12(2)13(3)22-26-17/h4-7,9-10,20,23H,1-3H3/b14-9+. The molecule has 2 N–H and O–H groups in total. The highest BCUT2D eigenvalue weighted by Crippen LogP contribution is 2.23. The van der Waals surface area contributed by atoms with Gasteiger partial charge in [0.25, 0.3) is 10.0 Å². The Labute approximate surface area is 166 Å². The summed E-state index contributed by atoms with van der Waals surface area (Å²) in [5.74, 6) is 0.0973. The normalized spacial score (nSPS) is 11.9. The maximum Gasteiger partial charge on any atom is 0.264 e. The van der Waals surface area contributed by atoms with Crippen LogP contribution in [0.15, 0.2) is 45.3 Å². The molecule has 0 aliphatic rings. The van der Waals surface area contributed by atoms with Crippen LogP contribution in [0, 0.1) is 32.1 Å². The number of sulfonamides is 1. The zero-order chi connectivity index (χ0) is 20.3. The Morgan fingerprint density at radius 3 is 2.50 bits per heavy atom. The number of nitrogens with zero attached hydrogens (tertiary/aromatic N) is 3. The number of nitrogens with one attached hydrogen (secondary N) is 2. The van der Waals surface area contributed by atoms with Gasteiger partial charge in [0.1, 0.15) is 16.6 Å². The maximum atomic E-state index is 12.5. The minimum Gasteiger partial charge on any atom is -0.360 e. The van der Waals surface area contributed by atoms with Gasteiger partial charge in [-0.2, -0.15) is 5.26 Å². The molecule has 28 heavy (non-hydrogen) atoms. The predicted octanol–water partition coefficient (Wildman–Crippen LogP) is 3.83. The van der Waals surface area contributed by atoms with Crippen molar-refractivity contribution in [2.75, 3.05) is 10.0 Å². The molecule has 0 saturated heterocycles. The summed E-state index contributed by atoms with van der Waals surface area (Å²) in [7, 11) is -3.80. The van der Waals surface area contributed by atoms with Gasteiger partial charge in [-0.1, -0.05) is 5.16 Å². The molecule has 0 spiro atoms. The number of thiazole rings is 1. The third-order valence-electron chi connectivity index (χ3n) is 3.90. The lowest BCUT2D eigenvalue weighted by molar-refractivity contribution is 0.430. The van der Waals surface area contributed by atoms with Crippen molar-refractivity contribution in [3.05, 3.63) is 57.8 Å². The molecule has 0 aliphatic heterocycles. The van der Waals surface area contributed by atoms with Crippen molar-refractivity contribution < 1.29 is 12.9 Å². The van der Waals surface area contributed by atoms with Gasteiger partial charge in [0.15, 0.2) is 0 Å². The second kappa shape index (κ2) is 7.84. The van der Waals surface area contributed by atoms with Gasteiger partial charge >= 0.3 is 0 Å². The highest BCUT2D eigenvalue weighted by Gasteiger charge is 2.19. The summed E-state index contributed by atoms with van der Waals surface area (Å²) in [6, 6.07) is 8.21. The highest BCUT2D eigenvalue weighted by atomic mass is 32.2. The second-order valence-electron chi connectivity index (χ2n) is 5.96. The van der Waals surface area contributed by atoms with E-state index in [4.69, 9.17) is 4.52 Å². The third kappa shape index (κ3) is 4.21. The Morgan fingerprint density at radius 1 is 1.25 bits per heavy atom. The van der Waals surface area contributed by atoms with Gasteiger partial charge in [0, 0.05) is 28.5 Å². The fourth-order valence-corrected chi connectivity index (χ4v) is 4.01. The van der Waals surface area contributed by atoms with Gasteiger partial charge in [0.05, 0.1) is 10.6 Å². The molecular weight excluding hydrogens is 398 g/mol. The van der Waals surface area contributed by atoms with Gasteiger partial charge in [0.2, 0.25) is 5.88 Å². The van der Waals surface area contributed by atoms with Crippen LogP contribution in [0.4, 0.5) is 11.6 Å². The molecule has 0 unspecified atom stereocenters. The largest absolute Gasteiger partial charge is 0.360 e. The average molecular weight is 416 g/mol. The summed E-state index contributed by atoms with van der Waals surface area (Å²) in [4.78, 5) is 4.35. The van der Waals surface area contributed by atoms with Crippen LogP contribution in [0.2, 0.25) is 0 Å². The van der Waals surface area contributed by atoms with Crippen LogP contribution in [0.3, 0.4) is 0 Å². The molecule has 0 aliphatic carbocycles. The van der Waals surface area contributed by atoms with E-state index in [-0.39, 0.29) is 10.8 Å². The van der Waals surface area contributed by atoms with E-state index in [0.29, 0.717) is 27.5 Å². The average Bonchev–Trinajstić information content (AvgIpc) is 3.23. The van der Waals surface area contributed by atoms with Crippen molar-refractivity contribution in [3.63, 3.8) is 0 Å². The fourth-order valence-electron chi connectivity index (χ4n) is 2.20. The number of hydrogen-bond donors (Lipinski definition) is 2. The molecule has 8 nitrogen and oxygen atoms in total. The molecule has 0 fully saturated rings. The van der Waals surface area contributed by atoms with Gasteiger partial charge in [-0.05, 0) is 45.0 Å². The first-order valence-electron chi connectivity index (χ1n) is 8.15. The molecule has 2 heterocycles. The van der Waals surface area contributed by atoms with E-state index in [9.17, 15) is 13.7 Å². The molecule has 0 bridgehead atoms. The summed E-state index contributed by atoms with van der Waals surface area (Å²) in [6.45, 7) is 5.31. The third-order valence-corrected chi connectivity index (χ3v) is 6.24. The summed E-state index contributed by atoms with van der Waals surface area (Å²) in [6.07, 6.45) is 1.54. The first kappa shape index (κ1) is 19.6. The molecule has 0 amide bonds. The molecule has 2 aromatic heterocycles. The van der Waals surface area contributed by atoms with E-state index in [1.807, 2.05) is 12.3 Å². The number of benzene rings is 1. The van der Waals surface area contributed by atoms with E-state index >= 15 is 0 Å². The summed E-state index contributed by atoms with van der Waals surface area (Å²) in [5.41, 5.74) is 3.13. The number of aryl methyl sites for hydroxylation is 2. The number of allylic oxidation sites excluding steroid dienone is 1. The predicted molar refractivity (Wildman–Crippen MR) is 107 cm³/mol. The van der Waals surface area contributed by atoms with Gasteiger partial charge in [-0.3, -0.25) is 0 Å². The summed E-state index contributed by atoms with van der Waals surface area (Å²) >= 11 is 1.38. The number of nitriles is 1. The molecular formula is C18H17N5O3S2. The van der Waals surface area contributed by atoms with Gasteiger partial charge in [-0.15, -0.1) is 11.3 Å². The second-order valence-corrected chi connectivity index (χ2v) is 8.50. The van der Waals surface area contributed by atoms with Crippen molar-refractivity contribution in [1.29, 1.82) is 5.26 Å². The molecule has 3 aromatic rings. The number of hydrogen-bond acceptors (Lipinski definition) is 8. The Balaban J connectivity index is 1.75. The van der Waals surface area contributed by atoms with Gasteiger partial charge < -0.3 is 9.84 Å². The van der Waals surface area contributed by atoms with Crippen molar-refractivity contribution in [2.45, 2.75) is 25.7 Å². The quantitative estimate of drug-likeness (QED) is 0.587. The molecule has 144 valence electrons. The SMILES string of the molecule is Cc1csc(/C(C#N)=C/Nc2ccc(S(=O)(=O)Nc3onc(C)c3C)cc2)n1. The van der Waals surface area contributed by atoms with Crippen molar-refractivity contribution >= 4 is 38.5 Å². The lowest BCUT2D eigenvalue weighted by Gasteiger charge is -2.07. The number of aromatic nitrogens is 2. The first-order valence-corrected chi connectivity index (χ1v) is 10.5. The fraction of sp³-hybridized carbons (Fsp3) is 0.167. The molecule has 1 aromatic carbocycles. The van der Waals surface area contributed by atoms with Crippen LogP contribution >= 0.6 is 11.3 Å². The zero-order valence-electron chi connectivity index (χ0n) is 15.3. The Kier molecular flexibility index (Phi) is 5.48. The van der Waals surface area contributed by atoms with E-state index in [1.54, 1.807) is 32.2 Å². The lowest BCUT2D eigenvalue weighted by Crippen LogP contribution is -2.13. The molecule has 0 saturated carbocycles. The monoisotopic (exact) mass is 415 g/mol. The van der Waals surface area contributed by atoms with Crippen molar-refractivity contribution in [2.24, 2.45) is 0 Å². The minimum atomic E-state index is -3.80. The van der Waals surface area contributed by atoms with E-state index in [0.717, 1.165) is 5.69 Å². The van der Waals surface area contributed by atoms with Crippen LogP contribution in [0.25, 0.3) is 5.57 Å². The maximum absolute atomic E-state index is 12.5. The van der Waals surface area contributed by atoms with Crippen LogP contribution in [-0.4, -0.2) is 18.6 Å². The zero-order valence-corrected chi connectivity index (χ0v) is 17.0. The Hall–Kier alpha value is -3.16. The molecule has 0 atom stereocenters. The van der Waals surface area contributed by atoms with E-state index < -0.39 is 10.0 Å². The Bertz CT molecular complexity index is 1170. The topological polar surface area (TPSA) is 121 Å². The summed E-state index contributed by atoms with van der Waals surface area (Å²) in [5, 5.41) is 18.5. The lowest BCUT2D eigenvalue weighted by atomic mass is 10.3. The van der Waals surface area contributed by atoms with Crippen molar-refractivity contribution in [3.8, 4) is 6.07 Å². The van der Waals surface area contributed by atoms with Gasteiger partial charge in [-0.25, -0.2) is 18.1 Å². The highest BCUT2D eigenvalue weighted by molar-refractivity contribution is 7.92. The number of anilines is 2. The van der Waals surface area contributed by atoms with Crippen molar-refractivity contribution in [1.82, 2.24) is 10.1 Å². The first-order chi connectivity index (χ1) is 13.3.